The SMILES string of the molecule is Cn1ncnc1C[C@@H](O)C(F)(F)F. The van der Waals surface area contributed by atoms with Crippen LogP contribution in [0.4, 0.5) is 13.2 Å². The molecule has 0 unspecified atom stereocenters. The minimum atomic E-state index is -4.61. The number of hydrogen-bond acceptors (Lipinski definition) is 3. The average molecular weight is 195 g/mol. The molecule has 1 atom stereocenters. The molecule has 74 valence electrons. The molecule has 0 aliphatic heterocycles. The van der Waals surface area contributed by atoms with Crippen LogP contribution in [0.25, 0.3) is 0 Å². The summed E-state index contributed by atoms with van der Waals surface area (Å²) in [6, 6.07) is 0. The lowest BCUT2D eigenvalue weighted by Crippen LogP contribution is -2.31. The molecule has 0 aliphatic carbocycles. The summed E-state index contributed by atoms with van der Waals surface area (Å²) in [5.41, 5.74) is 0. The Labute approximate surface area is 72.0 Å². The van der Waals surface area contributed by atoms with Crippen LogP contribution in [-0.4, -0.2) is 32.2 Å². The number of halogens is 3. The molecule has 0 saturated heterocycles. The van der Waals surface area contributed by atoms with E-state index in [1.807, 2.05) is 0 Å². The summed E-state index contributed by atoms with van der Waals surface area (Å²) in [5.74, 6) is 0.102. The van der Waals surface area contributed by atoms with Crippen LogP contribution in [0.5, 0.6) is 0 Å². The molecule has 0 bridgehead atoms. The quantitative estimate of drug-likeness (QED) is 0.737. The fourth-order valence-electron chi connectivity index (χ4n) is 0.794. The molecule has 7 heteroatoms. The molecule has 0 aliphatic rings. The summed E-state index contributed by atoms with van der Waals surface area (Å²) in [7, 11) is 1.46. The minimum Gasteiger partial charge on any atom is -0.383 e. The van der Waals surface area contributed by atoms with E-state index in [-0.39, 0.29) is 5.82 Å². The Hall–Kier alpha value is -1.11. The number of alkyl halides is 3. The van der Waals surface area contributed by atoms with Gasteiger partial charge >= 0.3 is 6.18 Å². The molecule has 1 aromatic heterocycles. The molecule has 1 aromatic rings. The molecule has 0 radical (unpaired) electrons. The van der Waals surface area contributed by atoms with Gasteiger partial charge in [-0.2, -0.15) is 18.3 Å². The lowest BCUT2D eigenvalue weighted by atomic mass is 10.2. The molecule has 1 rings (SSSR count). The molecule has 0 aromatic carbocycles. The van der Waals surface area contributed by atoms with Crippen LogP contribution in [0, 0.1) is 0 Å². The lowest BCUT2D eigenvalue weighted by molar-refractivity contribution is -0.203. The van der Waals surface area contributed by atoms with Crippen molar-refractivity contribution >= 4 is 0 Å². The highest BCUT2D eigenvalue weighted by Crippen LogP contribution is 2.21. The Kier molecular flexibility index (Phi) is 2.55. The van der Waals surface area contributed by atoms with Crippen molar-refractivity contribution in [3.8, 4) is 0 Å². The number of aromatic nitrogens is 3. The van der Waals surface area contributed by atoms with Crippen LogP contribution >= 0.6 is 0 Å². The second-order valence-electron chi connectivity index (χ2n) is 2.56. The average Bonchev–Trinajstić information content (AvgIpc) is 2.34. The summed E-state index contributed by atoms with van der Waals surface area (Å²) in [6.45, 7) is 0. The standard InChI is InChI=1S/C6H8F3N3O/c1-12-5(10-3-11-12)2-4(13)6(7,8)9/h3-4,13H,2H2,1H3/t4-/m1/s1. The van der Waals surface area contributed by atoms with Gasteiger partial charge in [-0.3, -0.25) is 4.68 Å². The molecule has 0 saturated carbocycles. The van der Waals surface area contributed by atoms with Gasteiger partial charge in [0.2, 0.25) is 0 Å². The van der Waals surface area contributed by atoms with Crippen molar-refractivity contribution in [1.82, 2.24) is 14.8 Å². The van der Waals surface area contributed by atoms with Crippen molar-refractivity contribution in [3.05, 3.63) is 12.2 Å². The number of aliphatic hydroxyl groups excluding tert-OH is 1. The van der Waals surface area contributed by atoms with Crippen molar-refractivity contribution in [2.75, 3.05) is 0 Å². The predicted molar refractivity (Wildman–Crippen MR) is 36.8 cm³/mol. The summed E-state index contributed by atoms with van der Waals surface area (Å²) >= 11 is 0. The van der Waals surface area contributed by atoms with E-state index in [9.17, 15) is 13.2 Å². The van der Waals surface area contributed by atoms with Crippen molar-refractivity contribution in [3.63, 3.8) is 0 Å². The van der Waals surface area contributed by atoms with Crippen LogP contribution in [0.15, 0.2) is 6.33 Å². The summed E-state index contributed by atoms with van der Waals surface area (Å²) in [4.78, 5) is 3.56. The third-order valence-electron chi connectivity index (χ3n) is 1.56. The van der Waals surface area contributed by atoms with Gasteiger partial charge in [0.25, 0.3) is 0 Å². The largest absolute Gasteiger partial charge is 0.414 e. The maximum atomic E-state index is 11.9. The third kappa shape index (κ3) is 2.41. The number of aliphatic hydroxyl groups is 1. The Morgan fingerprint density at radius 3 is 2.62 bits per heavy atom. The topological polar surface area (TPSA) is 50.9 Å². The molecule has 0 fully saturated rings. The van der Waals surface area contributed by atoms with Gasteiger partial charge in [-0.25, -0.2) is 4.98 Å². The molecule has 4 nitrogen and oxygen atoms in total. The molecular formula is C6H8F3N3O. The number of rotatable bonds is 2. The van der Waals surface area contributed by atoms with E-state index in [1.54, 1.807) is 0 Å². The summed E-state index contributed by atoms with van der Waals surface area (Å²) < 4.78 is 36.8. The highest BCUT2D eigenvalue weighted by Gasteiger charge is 2.38. The second kappa shape index (κ2) is 3.33. The first-order chi connectivity index (χ1) is 5.91. The van der Waals surface area contributed by atoms with Crippen molar-refractivity contribution in [2.24, 2.45) is 7.05 Å². The van der Waals surface area contributed by atoms with Crippen LogP contribution < -0.4 is 0 Å². The van der Waals surface area contributed by atoms with Crippen LogP contribution in [0.3, 0.4) is 0 Å². The number of hydrogen-bond donors (Lipinski definition) is 1. The fourth-order valence-corrected chi connectivity index (χ4v) is 0.794. The van der Waals surface area contributed by atoms with Gasteiger partial charge in [-0.1, -0.05) is 0 Å². The molecule has 13 heavy (non-hydrogen) atoms. The smallest absolute Gasteiger partial charge is 0.383 e. The van der Waals surface area contributed by atoms with E-state index in [0.29, 0.717) is 0 Å². The highest BCUT2D eigenvalue weighted by atomic mass is 19.4. The van der Waals surface area contributed by atoms with Gasteiger partial charge in [-0.15, -0.1) is 0 Å². The lowest BCUT2D eigenvalue weighted by Gasteiger charge is -2.13. The van der Waals surface area contributed by atoms with E-state index in [0.717, 1.165) is 6.33 Å². The Bertz CT molecular complexity index is 283. The van der Waals surface area contributed by atoms with Gasteiger partial charge in [-0.05, 0) is 0 Å². The van der Waals surface area contributed by atoms with Crippen molar-refractivity contribution in [2.45, 2.75) is 18.7 Å². The summed E-state index contributed by atoms with van der Waals surface area (Å²) in [6.07, 6.45) is -6.42. The predicted octanol–water partition coefficient (Wildman–Crippen LogP) is 0.281. The Morgan fingerprint density at radius 1 is 1.62 bits per heavy atom. The molecule has 1 N–H and O–H groups in total. The minimum absolute atomic E-state index is 0.102. The van der Waals surface area contributed by atoms with E-state index in [1.165, 1.54) is 11.7 Å². The first-order valence-electron chi connectivity index (χ1n) is 3.49. The highest BCUT2D eigenvalue weighted by molar-refractivity contribution is 4.88. The molecule has 0 amide bonds. The zero-order valence-corrected chi connectivity index (χ0v) is 6.78. The fraction of sp³-hybridized carbons (Fsp3) is 0.667. The zero-order chi connectivity index (χ0) is 10.1. The van der Waals surface area contributed by atoms with Gasteiger partial charge in [0.05, 0.1) is 0 Å². The zero-order valence-electron chi connectivity index (χ0n) is 6.78. The Morgan fingerprint density at radius 2 is 2.23 bits per heavy atom. The maximum absolute atomic E-state index is 11.9. The van der Waals surface area contributed by atoms with Crippen molar-refractivity contribution < 1.29 is 18.3 Å². The van der Waals surface area contributed by atoms with Crippen LogP contribution in [0.1, 0.15) is 5.82 Å². The van der Waals surface area contributed by atoms with Gasteiger partial charge in [0.1, 0.15) is 12.2 Å². The molecule has 1 heterocycles. The maximum Gasteiger partial charge on any atom is 0.414 e. The first kappa shape index (κ1) is 9.97. The van der Waals surface area contributed by atoms with Crippen LogP contribution in [-0.2, 0) is 13.5 Å². The van der Waals surface area contributed by atoms with Crippen LogP contribution in [0.2, 0.25) is 0 Å². The molecule has 0 spiro atoms. The second-order valence-corrected chi connectivity index (χ2v) is 2.56. The van der Waals surface area contributed by atoms with Gasteiger partial charge < -0.3 is 5.11 Å². The third-order valence-corrected chi connectivity index (χ3v) is 1.56. The molecular weight excluding hydrogens is 187 g/mol. The first-order valence-corrected chi connectivity index (χ1v) is 3.49. The monoisotopic (exact) mass is 195 g/mol. The normalized spacial score (nSPS) is 14.5. The van der Waals surface area contributed by atoms with Gasteiger partial charge in [0, 0.05) is 13.5 Å². The van der Waals surface area contributed by atoms with E-state index >= 15 is 0 Å². The van der Waals surface area contributed by atoms with E-state index in [4.69, 9.17) is 5.11 Å². The van der Waals surface area contributed by atoms with Gasteiger partial charge in [0.15, 0.2) is 6.10 Å². The number of aryl methyl sites for hydroxylation is 1. The van der Waals surface area contributed by atoms with E-state index < -0.39 is 18.7 Å². The van der Waals surface area contributed by atoms with E-state index in [2.05, 4.69) is 10.1 Å². The van der Waals surface area contributed by atoms with Crippen molar-refractivity contribution in [1.29, 1.82) is 0 Å². The Balaban J connectivity index is 2.65. The summed E-state index contributed by atoms with van der Waals surface area (Å²) in [5, 5.41) is 12.3. The number of nitrogens with zero attached hydrogens (tertiary/aromatic N) is 3.